The largest absolute Gasteiger partial charge is 0.384 e. The molecule has 102 valence electrons. The number of methoxy groups -OCH3 is 1. The molecule has 1 N–H and O–H groups in total. The molecule has 1 aromatic rings. The van der Waals surface area contributed by atoms with Crippen molar-refractivity contribution < 1.29 is 13.5 Å². The summed E-state index contributed by atoms with van der Waals surface area (Å²) < 4.78 is 31.9. The first kappa shape index (κ1) is 15.1. The van der Waals surface area contributed by atoms with Crippen LogP contribution in [0, 0.1) is 17.6 Å². The summed E-state index contributed by atoms with van der Waals surface area (Å²) in [7, 11) is 1.66. The van der Waals surface area contributed by atoms with Crippen LogP contribution in [0.5, 0.6) is 0 Å². The molecule has 18 heavy (non-hydrogen) atoms. The first-order valence-electron chi connectivity index (χ1n) is 6.19. The van der Waals surface area contributed by atoms with Crippen LogP contribution in [0.1, 0.15) is 19.4 Å². The van der Waals surface area contributed by atoms with E-state index >= 15 is 0 Å². The fourth-order valence-electron chi connectivity index (χ4n) is 1.85. The molecule has 2 unspecified atom stereocenters. The maximum atomic E-state index is 13.4. The maximum Gasteiger partial charge on any atom is 0.129 e. The molecule has 0 saturated heterocycles. The van der Waals surface area contributed by atoms with E-state index in [1.807, 2.05) is 6.92 Å². The van der Waals surface area contributed by atoms with E-state index in [0.29, 0.717) is 18.9 Å². The minimum absolute atomic E-state index is 0.0238. The third kappa shape index (κ3) is 4.70. The Morgan fingerprint density at radius 1 is 1.22 bits per heavy atom. The van der Waals surface area contributed by atoms with Crippen LogP contribution in [-0.2, 0) is 11.2 Å². The summed E-state index contributed by atoms with van der Waals surface area (Å²) in [6, 6.07) is 3.99. The van der Waals surface area contributed by atoms with E-state index in [2.05, 4.69) is 12.2 Å². The van der Waals surface area contributed by atoms with Gasteiger partial charge < -0.3 is 10.1 Å². The van der Waals surface area contributed by atoms with Crippen LogP contribution >= 0.6 is 0 Å². The summed E-state index contributed by atoms with van der Waals surface area (Å²) in [4.78, 5) is 0. The molecule has 0 heterocycles. The molecule has 0 aromatic heterocycles. The summed E-state index contributed by atoms with van der Waals surface area (Å²) in [5.74, 6) is -0.579. The van der Waals surface area contributed by atoms with Gasteiger partial charge in [-0.2, -0.15) is 0 Å². The second kappa shape index (κ2) is 7.44. The van der Waals surface area contributed by atoms with Crippen LogP contribution in [0.3, 0.4) is 0 Å². The molecule has 2 nitrogen and oxygen atoms in total. The predicted molar refractivity (Wildman–Crippen MR) is 68.6 cm³/mol. The lowest BCUT2D eigenvalue weighted by molar-refractivity contribution is 0.157. The fraction of sp³-hybridized carbons (Fsp3) is 0.571. The van der Waals surface area contributed by atoms with E-state index in [-0.39, 0.29) is 11.6 Å². The first-order valence-corrected chi connectivity index (χ1v) is 6.19. The summed E-state index contributed by atoms with van der Waals surface area (Å²) in [5.41, 5.74) is 0.150. The SMILES string of the molecule is COCC(C)CNC(C)Cc1c(F)cccc1F. The summed E-state index contributed by atoms with van der Waals surface area (Å²) in [6.45, 7) is 5.43. The summed E-state index contributed by atoms with van der Waals surface area (Å²) in [6.07, 6.45) is 0.345. The van der Waals surface area contributed by atoms with E-state index in [4.69, 9.17) is 4.74 Å². The molecule has 0 aliphatic rings. The van der Waals surface area contributed by atoms with Gasteiger partial charge in [0.2, 0.25) is 0 Å². The average molecular weight is 257 g/mol. The van der Waals surface area contributed by atoms with Gasteiger partial charge in [0.1, 0.15) is 11.6 Å². The Bertz CT molecular complexity index is 351. The van der Waals surface area contributed by atoms with Crippen LogP contribution in [-0.4, -0.2) is 26.3 Å². The lowest BCUT2D eigenvalue weighted by Crippen LogP contribution is -2.33. The topological polar surface area (TPSA) is 21.3 Å². The molecule has 2 atom stereocenters. The minimum atomic E-state index is -0.478. The molecule has 0 bridgehead atoms. The third-order valence-corrected chi connectivity index (χ3v) is 2.84. The Balaban J connectivity index is 2.47. The highest BCUT2D eigenvalue weighted by Gasteiger charge is 2.12. The van der Waals surface area contributed by atoms with Crippen LogP contribution in [0.25, 0.3) is 0 Å². The van der Waals surface area contributed by atoms with Crippen molar-refractivity contribution in [1.29, 1.82) is 0 Å². The zero-order valence-corrected chi connectivity index (χ0v) is 11.2. The van der Waals surface area contributed by atoms with Gasteiger partial charge in [0.25, 0.3) is 0 Å². The molecule has 0 aliphatic heterocycles. The monoisotopic (exact) mass is 257 g/mol. The molecule has 1 rings (SSSR count). The summed E-state index contributed by atoms with van der Waals surface area (Å²) >= 11 is 0. The van der Waals surface area contributed by atoms with E-state index in [0.717, 1.165) is 6.54 Å². The molecule has 0 radical (unpaired) electrons. The summed E-state index contributed by atoms with van der Waals surface area (Å²) in [5, 5.41) is 3.26. The minimum Gasteiger partial charge on any atom is -0.384 e. The third-order valence-electron chi connectivity index (χ3n) is 2.84. The van der Waals surface area contributed by atoms with Gasteiger partial charge in [-0.3, -0.25) is 0 Å². The Morgan fingerprint density at radius 3 is 2.39 bits per heavy atom. The van der Waals surface area contributed by atoms with E-state index < -0.39 is 11.6 Å². The number of ether oxygens (including phenoxy) is 1. The average Bonchev–Trinajstić information content (AvgIpc) is 2.32. The van der Waals surface area contributed by atoms with Crippen LogP contribution in [0.15, 0.2) is 18.2 Å². The van der Waals surface area contributed by atoms with Crippen LogP contribution in [0.4, 0.5) is 8.78 Å². The zero-order valence-electron chi connectivity index (χ0n) is 11.2. The molecule has 0 spiro atoms. The highest BCUT2D eigenvalue weighted by Crippen LogP contribution is 2.14. The van der Waals surface area contributed by atoms with Crippen molar-refractivity contribution in [2.45, 2.75) is 26.3 Å². The Kier molecular flexibility index (Phi) is 6.22. The molecular formula is C14H21F2NO. The highest BCUT2D eigenvalue weighted by molar-refractivity contribution is 5.20. The van der Waals surface area contributed by atoms with Crippen molar-refractivity contribution in [2.75, 3.05) is 20.3 Å². The number of nitrogens with one attached hydrogen (secondary N) is 1. The number of hydrogen-bond donors (Lipinski definition) is 1. The van der Waals surface area contributed by atoms with Gasteiger partial charge in [0, 0.05) is 31.9 Å². The van der Waals surface area contributed by atoms with Crippen molar-refractivity contribution in [3.8, 4) is 0 Å². The Morgan fingerprint density at radius 2 is 1.83 bits per heavy atom. The van der Waals surface area contributed by atoms with Crippen molar-refractivity contribution in [3.63, 3.8) is 0 Å². The van der Waals surface area contributed by atoms with Gasteiger partial charge in [-0.05, 0) is 31.4 Å². The normalized spacial score (nSPS) is 14.5. The predicted octanol–water partition coefficient (Wildman–Crippen LogP) is 2.77. The number of rotatable bonds is 7. The van der Waals surface area contributed by atoms with Gasteiger partial charge in [-0.15, -0.1) is 0 Å². The lowest BCUT2D eigenvalue weighted by Gasteiger charge is -2.18. The van der Waals surface area contributed by atoms with Crippen molar-refractivity contribution in [1.82, 2.24) is 5.32 Å². The fourth-order valence-corrected chi connectivity index (χ4v) is 1.85. The van der Waals surface area contributed by atoms with Crippen LogP contribution in [0.2, 0.25) is 0 Å². The second-order valence-corrected chi connectivity index (χ2v) is 4.77. The van der Waals surface area contributed by atoms with Crippen LogP contribution < -0.4 is 5.32 Å². The Hall–Kier alpha value is -1.00. The van der Waals surface area contributed by atoms with Crippen molar-refractivity contribution >= 4 is 0 Å². The first-order chi connectivity index (χ1) is 8.54. The van der Waals surface area contributed by atoms with Crippen molar-refractivity contribution in [2.24, 2.45) is 5.92 Å². The molecule has 0 amide bonds. The zero-order chi connectivity index (χ0) is 13.5. The number of halogens is 2. The molecule has 0 aliphatic carbocycles. The molecule has 0 fully saturated rings. The van der Waals surface area contributed by atoms with Gasteiger partial charge in [0.05, 0.1) is 0 Å². The molecule has 0 saturated carbocycles. The van der Waals surface area contributed by atoms with Gasteiger partial charge in [-0.1, -0.05) is 13.0 Å². The smallest absolute Gasteiger partial charge is 0.129 e. The number of hydrogen-bond acceptors (Lipinski definition) is 2. The van der Waals surface area contributed by atoms with Gasteiger partial charge >= 0.3 is 0 Å². The molecular weight excluding hydrogens is 236 g/mol. The number of benzene rings is 1. The van der Waals surface area contributed by atoms with Crippen molar-refractivity contribution in [3.05, 3.63) is 35.4 Å². The quantitative estimate of drug-likeness (QED) is 0.811. The van der Waals surface area contributed by atoms with E-state index in [1.54, 1.807) is 7.11 Å². The van der Waals surface area contributed by atoms with E-state index in [1.165, 1.54) is 18.2 Å². The molecule has 1 aromatic carbocycles. The van der Waals surface area contributed by atoms with E-state index in [9.17, 15) is 8.78 Å². The second-order valence-electron chi connectivity index (χ2n) is 4.77. The molecule has 4 heteroatoms. The highest BCUT2D eigenvalue weighted by atomic mass is 19.1. The standard InChI is InChI=1S/C14H21F2NO/c1-10(9-18-3)8-17-11(2)7-12-13(15)5-4-6-14(12)16/h4-6,10-11,17H,7-9H2,1-3H3. The maximum absolute atomic E-state index is 13.4. The lowest BCUT2D eigenvalue weighted by atomic mass is 10.1. The van der Waals surface area contributed by atoms with Gasteiger partial charge in [0.15, 0.2) is 0 Å². The Labute approximate surface area is 107 Å². The van der Waals surface area contributed by atoms with Gasteiger partial charge in [-0.25, -0.2) is 8.78 Å².